The number of alkyl halides is 1. The van der Waals surface area contributed by atoms with Gasteiger partial charge in [-0.3, -0.25) is 0 Å². The second-order valence-corrected chi connectivity index (χ2v) is 3.83. The van der Waals surface area contributed by atoms with Crippen LogP contribution in [-0.4, -0.2) is 19.0 Å². The number of hydrogen-bond donors (Lipinski definition) is 0. The summed E-state index contributed by atoms with van der Waals surface area (Å²) in [5.74, 6) is -0.0147. The zero-order valence-electron chi connectivity index (χ0n) is 7.51. The Morgan fingerprint density at radius 2 is 2.07 bits per heavy atom. The van der Waals surface area contributed by atoms with E-state index in [1.165, 1.54) is 12.1 Å². The Hall–Kier alpha value is -0.830. The number of benzene rings is 1. The van der Waals surface area contributed by atoms with Crippen molar-refractivity contribution in [2.45, 2.75) is 0 Å². The molecule has 0 unspecified atom stereocenters. The lowest BCUT2D eigenvalue weighted by Gasteiger charge is -2.40. The third-order valence-corrected chi connectivity index (χ3v) is 2.86. The molecule has 0 N–H and O–H groups in total. The van der Waals surface area contributed by atoms with Crippen LogP contribution in [0.4, 0.5) is 14.5 Å². The van der Waals surface area contributed by atoms with E-state index in [1.807, 2.05) is 4.90 Å². The number of nitrogens with zero attached hydrogens (tertiary/aromatic N) is 1. The third kappa shape index (κ3) is 1.69. The van der Waals surface area contributed by atoms with Gasteiger partial charge in [0.15, 0.2) is 0 Å². The molecule has 1 heterocycles. The molecule has 0 saturated carbocycles. The van der Waals surface area contributed by atoms with E-state index in [9.17, 15) is 8.78 Å². The minimum atomic E-state index is -0.541. The Morgan fingerprint density at radius 3 is 2.64 bits per heavy atom. The Morgan fingerprint density at radius 1 is 1.36 bits per heavy atom. The van der Waals surface area contributed by atoms with Crippen molar-refractivity contribution >= 4 is 17.3 Å². The second kappa shape index (κ2) is 3.73. The van der Waals surface area contributed by atoms with Crippen LogP contribution in [0.3, 0.4) is 0 Å². The Labute approximate surface area is 86.3 Å². The Bertz CT molecular complexity index is 337. The van der Waals surface area contributed by atoms with Crippen molar-refractivity contribution in [3.63, 3.8) is 0 Å². The quantitative estimate of drug-likeness (QED) is 0.689. The molecule has 1 fully saturated rings. The van der Waals surface area contributed by atoms with Gasteiger partial charge in [-0.2, -0.15) is 0 Å². The lowest BCUT2D eigenvalue weighted by Crippen LogP contribution is -2.48. The molecule has 0 radical (unpaired) electrons. The molecule has 1 aliphatic heterocycles. The fourth-order valence-corrected chi connectivity index (χ4v) is 1.80. The largest absolute Gasteiger partial charge is 0.368 e. The molecule has 2 rings (SSSR count). The van der Waals surface area contributed by atoms with Gasteiger partial charge in [0.1, 0.15) is 11.6 Å². The average Bonchev–Trinajstić information content (AvgIpc) is 2.06. The number of anilines is 1. The highest BCUT2D eigenvalue weighted by Gasteiger charge is 2.27. The molecule has 0 bridgehead atoms. The smallest absolute Gasteiger partial charge is 0.149 e. The summed E-state index contributed by atoms with van der Waals surface area (Å²) in [5.41, 5.74) is 0.466. The summed E-state index contributed by atoms with van der Waals surface area (Å²) in [6.07, 6.45) is 0. The Balaban J connectivity index is 2.11. The van der Waals surface area contributed by atoms with Gasteiger partial charge in [-0.1, -0.05) is 0 Å². The molecule has 4 heteroatoms. The van der Waals surface area contributed by atoms with Gasteiger partial charge in [0, 0.05) is 31.0 Å². The molecule has 1 aromatic rings. The molecule has 0 aromatic heterocycles. The fraction of sp³-hybridized carbons (Fsp3) is 0.400. The first-order valence-corrected chi connectivity index (χ1v) is 5.00. The van der Waals surface area contributed by atoms with Crippen molar-refractivity contribution < 1.29 is 8.78 Å². The lowest BCUT2D eigenvalue weighted by molar-refractivity contribution is 0.443. The van der Waals surface area contributed by atoms with Crippen LogP contribution in [0.1, 0.15) is 0 Å². The molecule has 1 saturated heterocycles. The minimum Gasteiger partial charge on any atom is -0.368 e. The zero-order valence-corrected chi connectivity index (χ0v) is 8.27. The topological polar surface area (TPSA) is 3.24 Å². The highest BCUT2D eigenvalue weighted by Crippen LogP contribution is 2.27. The summed E-state index contributed by atoms with van der Waals surface area (Å²) >= 11 is 5.64. The highest BCUT2D eigenvalue weighted by atomic mass is 35.5. The first-order valence-electron chi connectivity index (χ1n) is 4.46. The number of hydrogen-bond acceptors (Lipinski definition) is 1. The van der Waals surface area contributed by atoms with E-state index in [4.69, 9.17) is 11.6 Å². The van der Waals surface area contributed by atoms with Crippen molar-refractivity contribution in [3.8, 4) is 0 Å². The molecule has 1 aliphatic rings. The minimum absolute atomic E-state index is 0.432. The van der Waals surface area contributed by atoms with Crippen molar-refractivity contribution in [1.29, 1.82) is 0 Å². The molecule has 0 amide bonds. The highest BCUT2D eigenvalue weighted by molar-refractivity contribution is 6.18. The Kier molecular flexibility index (Phi) is 2.59. The van der Waals surface area contributed by atoms with E-state index in [0.717, 1.165) is 19.2 Å². The zero-order chi connectivity index (χ0) is 10.1. The predicted molar refractivity (Wildman–Crippen MR) is 52.8 cm³/mol. The van der Waals surface area contributed by atoms with Crippen LogP contribution in [0.25, 0.3) is 0 Å². The summed E-state index contributed by atoms with van der Waals surface area (Å²) in [6, 6.07) is 3.64. The maximum atomic E-state index is 13.2. The molecular formula is C10H10ClF2N. The summed E-state index contributed by atoms with van der Waals surface area (Å²) in [6.45, 7) is 1.51. The van der Waals surface area contributed by atoms with E-state index in [2.05, 4.69) is 0 Å². The molecular weight excluding hydrogens is 208 g/mol. The molecule has 76 valence electrons. The van der Waals surface area contributed by atoms with Gasteiger partial charge in [-0.25, -0.2) is 8.78 Å². The van der Waals surface area contributed by atoms with Gasteiger partial charge in [-0.15, -0.1) is 11.6 Å². The van der Waals surface area contributed by atoms with Crippen molar-refractivity contribution in [2.24, 2.45) is 5.92 Å². The number of halogens is 3. The van der Waals surface area contributed by atoms with E-state index in [-0.39, 0.29) is 0 Å². The summed E-state index contributed by atoms with van der Waals surface area (Å²) in [4.78, 5) is 1.86. The third-order valence-electron chi connectivity index (χ3n) is 2.43. The second-order valence-electron chi connectivity index (χ2n) is 3.52. The van der Waals surface area contributed by atoms with Crippen LogP contribution < -0.4 is 4.90 Å². The van der Waals surface area contributed by atoms with Crippen molar-refractivity contribution in [2.75, 3.05) is 23.9 Å². The first-order chi connectivity index (χ1) is 6.70. The molecule has 14 heavy (non-hydrogen) atoms. The number of rotatable bonds is 2. The van der Waals surface area contributed by atoms with Crippen LogP contribution in [0.2, 0.25) is 0 Å². The van der Waals surface area contributed by atoms with Crippen LogP contribution in [-0.2, 0) is 0 Å². The van der Waals surface area contributed by atoms with Gasteiger partial charge in [0.25, 0.3) is 0 Å². The normalized spacial score (nSPS) is 16.9. The molecule has 1 nitrogen and oxygen atoms in total. The SMILES string of the molecule is Fc1ccc(N2CC(CCl)C2)c(F)c1. The van der Waals surface area contributed by atoms with E-state index in [1.54, 1.807) is 0 Å². The standard InChI is InChI=1S/C10H10ClF2N/c11-4-7-5-14(6-7)10-2-1-8(12)3-9(10)13/h1-3,7H,4-6H2. The average molecular weight is 218 g/mol. The van der Waals surface area contributed by atoms with E-state index < -0.39 is 11.6 Å². The van der Waals surface area contributed by atoms with Gasteiger partial charge in [0.2, 0.25) is 0 Å². The maximum absolute atomic E-state index is 13.2. The molecule has 1 aromatic carbocycles. The summed E-state index contributed by atoms with van der Waals surface area (Å²) in [7, 11) is 0. The van der Waals surface area contributed by atoms with Gasteiger partial charge in [0.05, 0.1) is 5.69 Å². The predicted octanol–water partition coefficient (Wildman–Crippen LogP) is 2.64. The maximum Gasteiger partial charge on any atom is 0.149 e. The first kappa shape index (κ1) is 9.71. The molecule has 0 spiro atoms. The van der Waals surface area contributed by atoms with Gasteiger partial charge >= 0.3 is 0 Å². The van der Waals surface area contributed by atoms with Crippen LogP contribution in [0.15, 0.2) is 18.2 Å². The van der Waals surface area contributed by atoms with E-state index >= 15 is 0 Å². The van der Waals surface area contributed by atoms with Gasteiger partial charge in [-0.05, 0) is 12.1 Å². The molecule has 0 atom stereocenters. The van der Waals surface area contributed by atoms with Crippen molar-refractivity contribution in [1.82, 2.24) is 0 Å². The van der Waals surface area contributed by atoms with Crippen molar-refractivity contribution in [3.05, 3.63) is 29.8 Å². The summed E-state index contributed by atoms with van der Waals surface area (Å²) < 4.78 is 25.8. The molecule has 0 aliphatic carbocycles. The van der Waals surface area contributed by atoms with Gasteiger partial charge < -0.3 is 4.90 Å². The van der Waals surface area contributed by atoms with Crippen LogP contribution in [0.5, 0.6) is 0 Å². The van der Waals surface area contributed by atoms with Crippen LogP contribution >= 0.6 is 11.6 Å². The fourth-order valence-electron chi connectivity index (χ4n) is 1.60. The summed E-state index contributed by atoms with van der Waals surface area (Å²) in [5, 5.41) is 0. The monoisotopic (exact) mass is 217 g/mol. The lowest BCUT2D eigenvalue weighted by atomic mass is 10.0. The van der Waals surface area contributed by atoms with E-state index in [0.29, 0.717) is 17.5 Å². The van der Waals surface area contributed by atoms with Crippen LogP contribution in [0, 0.1) is 17.6 Å².